The van der Waals surface area contributed by atoms with Gasteiger partial charge in [0.25, 0.3) is 10.2 Å². The van der Waals surface area contributed by atoms with Crippen LogP contribution >= 0.6 is 11.6 Å². The van der Waals surface area contributed by atoms with E-state index >= 15 is 0 Å². The number of carbonyl (C=O) groups is 1. The van der Waals surface area contributed by atoms with Gasteiger partial charge < -0.3 is 5.32 Å². The Morgan fingerprint density at radius 2 is 1.73 bits per heavy atom. The average Bonchev–Trinajstić information content (AvgIpc) is 2.74. The second-order valence-corrected chi connectivity index (χ2v) is 10.8. The third-order valence-corrected chi connectivity index (χ3v) is 8.52. The molecule has 30 heavy (non-hydrogen) atoms. The maximum absolute atomic E-state index is 13.0. The van der Waals surface area contributed by atoms with Gasteiger partial charge in [-0.05, 0) is 37.5 Å². The van der Waals surface area contributed by atoms with Crippen molar-refractivity contribution in [3.05, 3.63) is 34.9 Å². The van der Waals surface area contributed by atoms with E-state index in [4.69, 9.17) is 11.6 Å². The highest BCUT2D eigenvalue weighted by molar-refractivity contribution is 7.86. The number of hydrogen-bond acceptors (Lipinski definition) is 4. The first-order valence-electron chi connectivity index (χ1n) is 10.8. The van der Waals surface area contributed by atoms with E-state index in [1.54, 1.807) is 15.7 Å². The molecule has 2 aliphatic rings. The fraction of sp³-hybridized carbons (Fsp3) is 0.667. The van der Waals surface area contributed by atoms with Gasteiger partial charge in [-0.3, -0.25) is 9.69 Å². The number of halogens is 1. The Labute approximate surface area is 185 Å². The van der Waals surface area contributed by atoms with E-state index in [2.05, 4.69) is 5.32 Å². The van der Waals surface area contributed by atoms with Crippen molar-refractivity contribution in [3.8, 4) is 0 Å². The molecule has 1 aromatic carbocycles. The quantitative estimate of drug-likeness (QED) is 0.684. The van der Waals surface area contributed by atoms with Crippen LogP contribution in [0.2, 0.25) is 5.02 Å². The second kappa shape index (κ2) is 10.4. The van der Waals surface area contributed by atoms with E-state index < -0.39 is 10.2 Å². The average molecular weight is 457 g/mol. The number of benzene rings is 1. The molecule has 1 atom stereocenters. The molecule has 0 radical (unpaired) electrons. The summed E-state index contributed by atoms with van der Waals surface area (Å²) >= 11 is 5.91. The molecule has 7 nitrogen and oxygen atoms in total. The largest absolute Gasteiger partial charge is 0.348 e. The maximum atomic E-state index is 13.0. The standard InChI is InChI=1S/C21H33ClN4O3S/c1-17(18-8-10-19(22)11-9-18)23-21(27)16-25-12-14-26(15-13-25)30(28,29)24(2)20-6-4-3-5-7-20/h8-11,17,20H,3-7,12-16H2,1-2H3,(H,23,27). The van der Waals surface area contributed by atoms with E-state index in [-0.39, 0.29) is 24.5 Å². The Hall–Kier alpha value is -1.19. The highest BCUT2D eigenvalue weighted by Gasteiger charge is 2.34. The summed E-state index contributed by atoms with van der Waals surface area (Å²) in [7, 11) is -1.73. The molecule has 2 fully saturated rings. The molecule has 0 bridgehead atoms. The van der Waals surface area contributed by atoms with Crippen LogP contribution in [0.15, 0.2) is 24.3 Å². The molecule has 1 N–H and O–H groups in total. The first kappa shape index (κ1) is 23.5. The van der Waals surface area contributed by atoms with Crippen molar-refractivity contribution < 1.29 is 13.2 Å². The van der Waals surface area contributed by atoms with Gasteiger partial charge in [-0.1, -0.05) is 43.0 Å². The molecule has 3 rings (SSSR count). The summed E-state index contributed by atoms with van der Waals surface area (Å²) in [4.78, 5) is 14.4. The lowest BCUT2D eigenvalue weighted by Gasteiger charge is -2.38. The fourth-order valence-electron chi connectivity index (χ4n) is 4.26. The number of nitrogens with one attached hydrogen (secondary N) is 1. The molecule has 0 aromatic heterocycles. The molecule has 9 heteroatoms. The Morgan fingerprint density at radius 3 is 2.33 bits per heavy atom. The maximum Gasteiger partial charge on any atom is 0.282 e. The molecule has 1 aliphatic heterocycles. The van der Waals surface area contributed by atoms with Crippen molar-refractivity contribution in [2.45, 2.75) is 51.1 Å². The number of amides is 1. The number of piperazine rings is 1. The van der Waals surface area contributed by atoms with Crippen LogP contribution in [0, 0.1) is 0 Å². The van der Waals surface area contributed by atoms with Crippen LogP contribution in [0.1, 0.15) is 50.6 Å². The molecule has 1 saturated carbocycles. The zero-order chi connectivity index (χ0) is 21.7. The Kier molecular flexibility index (Phi) is 8.15. The lowest BCUT2D eigenvalue weighted by atomic mass is 9.96. The predicted octanol–water partition coefficient (Wildman–Crippen LogP) is 2.64. The van der Waals surface area contributed by atoms with Crippen molar-refractivity contribution in [1.82, 2.24) is 18.8 Å². The van der Waals surface area contributed by atoms with E-state index in [1.165, 1.54) is 6.42 Å². The van der Waals surface area contributed by atoms with Gasteiger partial charge in [-0.2, -0.15) is 17.0 Å². The number of rotatable bonds is 7. The zero-order valence-electron chi connectivity index (χ0n) is 17.9. The molecule has 1 heterocycles. The molecule has 1 saturated heterocycles. The Balaban J connectivity index is 1.46. The minimum Gasteiger partial charge on any atom is -0.348 e. The summed E-state index contributed by atoms with van der Waals surface area (Å²) in [5, 5.41) is 3.67. The summed E-state index contributed by atoms with van der Waals surface area (Å²) in [5.74, 6) is -0.0620. The summed E-state index contributed by atoms with van der Waals surface area (Å²) in [6.45, 7) is 4.15. The van der Waals surface area contributed by atoms with Gasteiger partial charge in [0.2, 0.25) is 5.91 Å². The van der Waals surface area contributed by atoms with Crippen LogP contribution in [-0.4, -0.2) is 73.6 Å². The monoisotopic (exact) mass is 456 g/mol. The molecule has 1 aromatic rings. The van der Waals surface area contributed by atoms with Gasteiger partial charge in [0, 0.05) is 44.3 Å². The topological polar surface area (TPSA) is 73.0 Å². The number of nitrogens with zero attached hydrogens (tertiary/aromatic N) is 3. The van der Waals surface area contributed by atoms with Crippen LogP contribution < -0.4 is 5.32 Å². The molecule has 1 aliphatic carbocycles. The van der Waals surface area contributed by atoms with Crippen LogP contribution in [-0.2, 0) is 15.0 Å². The van der Waals surface area contributed by atoms with Crippen LogP contribution in [0.25, 0.3) is 0 Å². The van der Waals surface area contributed by atoms with Crippen molar-refractivity contribution in [2.24, 2.45) is 0 Å². The fourth-order valence-corrected chi connectivity index (χ4v) is 5.96. The molecule has 1 amide bonds. The van der Waals surface area contributed by atoms with E-state index in [0.717, 1.165) is 31.2 Å². The minimum absolute atomic E-state index is 0.0620. The highest BCUT2D eigenvalue weighted by Crippen LogP contribution is 2.25. The number of hydrogen-bond donors (Lipinski definition) is 1. The summed E-state index contributed by atoms with van der Waals surface area (Å²) in [6.07, 6.45) is 5.29. The van der Waals surface area contributed by atoms with Gasteiger partial charge in [-0.25, -0.2) is 0 Å². The van der Waals surface area contributed by atoms with E-state index in [9.17, 15) is 13.2 Å². The third kappa shape index (κ3) is 5.95. The lowest BCUT2D eigenvalue weighted by Crippen LogP contribution is -2.55. The molecule has 0 spiro atoms. The second-order valence-electron chi connectivity index (χ2n) is 8.33. The van der Waals surface area contributed by atoms with E-state index in [1.807, 2.05) is 36.1 Å². The molecular formula is C21H33ClN4O3S. The molecule has 1 unspecified atom stereocenters. The first-order valence-corrected chi connectivity index (χ1v) is 12.5. The third-order valence-electron chi connectivity index (χ3n) is 6.23. The van der Waals surface area contributed by atoms with Crippen molar-refractivity contribution >= 4 is 27.7 Å². The SMILES string of the molecule is CC(NC(=O)CN1CCN(S(=O)(=O)N(C)C2CCCCC2)CC1)c1ccc(Cl)cc1. The van der Waals surface area contributed by atoms with E-state index in [0.29, 0.717) is 31.2 Å². The van der Waals surface area contributed by atoms with Crippen LogP contribution in [0.3, 0.4) is 0 Å². The van der Waals surface area contributed by atoms with Gasteiger partial charge >= 0.3 is 0 Å². The van der Waals surface area contributed by atoms with Crippen LogP contribution in [0.5, 0.6) is 0 Å². The summed E-state index contributed by atoms with van der Waals surface area (Å²) in [5.41, 5.74) is 0.995. The van der Waals surface area contributed by atoms with Crippen molar-refractivity contribution in [3.63, 3.8) is 0 Å². The van der Waals surface area contributed by atoms with Gasteiger partial charge in [0.1, 0.15) is 0 Å². The van der Waals surface area contributed by atoms with Crippen LogP contribution in [0.4, 0.5) is 0 Å². The predicted molar refractivity (Wildman–Crippen MR) is 120 cm³/mol. The lowest BCUT2D eigenvalue weighted by molar-refractivity contribution is -0.123. The Bertz CT molecular complexity index is 804. The van der Waals surface area contributed by atoms with Crippen molar-refractivity contribution in [1.29, 1.82) is 0 Å². The Morgan fingerprint density at radius 1 is 1.13 bits per heavy atom. The van der Waals surface area contributed by atoms with Crippen molar-refractivity contribution in [2.75, 3.05) is 39.8 Å². The summed E-state index contributed by atoms with van der Waals surface area (Å²) < 4.78 is 29.1. The number of carbonyl (C=O) groups excluding carboxylic acids is 1. The van der Waals surface area contributed by atoms with Gasteiger partial charge in [0.05, 0.1) is 12.6 Å². The minimum atomic E-state index is -3.44. The molecule has 168 valence electrons. The normalized spacial score (nSPS) is 20.9. The van der Waals surface area contributed by atoms with Gasteiger partial charge in [0.15, 0.2) is 0 Å². The molecular weight excluding hydrogens is 424 g/mol. The van der Waals surface area contributed by atoms with Gasteiger partial charge in [-0.15, -0.1) is 0 Å². The highest BCUT2D eigenvalue weighted by atomic mass is 35.5. The first-order chi connectivity index (χ1) is 14.3. The smallest absolute Gasteiger partial charge is 0.282 e. The zero-order valence-corrected chi connectivity index (χ0v) is 19.5. The summed E-state index contributed by atoms with van der Waals surface area (Å²) in [6, 6.07) is 7.43.